The van der Waals surface area contributed by atoms with E-state index in [0.29, 0.717) is 26.1 Å². The van der Waals surface area contributed by atoms with Gasteiger partial charge < -0.3 is 10.8 Å². The van der Waals surface area contributed by atoms with E-state index >= 15 is 0 Å². The van der Waals surface area contributed by atoms with Crippen molar-refractivity contribution in [3.63, 3.8) is 0 Å². The van der Waals surface area contributed by atoms with Crippen molar-refractivity contribution < 1.29 is 13.5 Å². The van der Waals surface area contributed by atoms with Crippen LogP contribution in [-0.2, 0) is 16.6 Å². The number of sulfonamides is 1. The molecule has 3 N–H and O–H groups in total. The molecule has 0 saturated carbocycles. The van der Waals surface area contributed by atoms with Gasteiger partial charge in [-0.3, -0.25) is 4.68 Å². The monoisotopic (exact) mass is 288 g/mol. The zero-order valence-corrected chi connectivity index (χ0v) is 11.8. The van der Waals surface area contributed by atoms with E-state index in [1.807, 2.05) is 6.92 Å². The van der Waals surface area contributed by atoms with Crippen molar-refractivity contribution in [3.8, 4) is 0 Å². The normalized spacial score (nSPS) is 21.1. The van der Waals surface area contributed by atoms with Gasteiger partial charge in [0.2, 0.25) is 10.0 Å². The minimum absolute atomic E-state index is 0.0486. The van der Waals surface area contributed by atoms with Crippen LogP contribution in [0.2, 0.25) is 0 Å². The Morgan fingerprint density at radius 3 is 2.89 bits per heavy atom. The van der Waals surface area contributed by atoms with Crippen LogP contribution >= 0.6 is 0 Å². The van der Waals surface area contributed by atoms with E-state index in [9.17, 15) is 8.42 Å². The Morgan fingerprint density at radius 1 is 1.58 bits per heavy atom. The van der Waals surface area contributed by atoms with Crippen molar-refractivity contribution in [1.82, 2.24) is 14.1 Å². The largest absolute Gasteiger partial charge is 0.396 e. The Labute approximate surface area is 113 Å². The fourth-order valence-corrected chi connectivity index (χ4v) is 3.94. The number of aromatic nitrogens is 2. The second-order valence-electron chi connectivity index (χ2n) is 4.76. The van der Waals surface area contributed by atoms with Crippen molar-refractivity contribution in [2.45, 2.75) is 31.2 Å². The summed E-state index contributed by atoms with van der Waals surface area (Å²) in [7, 11) is -3.57. The summed E-state index contributed by atoms with van der Waals surface area (Å²) >= 11 is 0. The highest BCUT2D eigenvalue weighted by molar-refractivity contribution is 7.89. The van der Waals surface area contributed by atoms with Crippen molar-refractivity contribution in [1.29, 1.82) is 0 Å². The highest BCUT2D eigenvalue weighted by atomic mass is 32.2. The number of aryl methyl sites for hydroxylation is 1. The summed E-state index contributed by atoms with van der Waals surface area (Å²) in [6.07, 6.45) is 2.89. The molecule has 1 fully saturated rings. The molecule has 1 atom stereocenters. The molecule has 0 radical (unpaired) electrons. The molecule has 8 heteroatoms. The Balaban J connectivity index is 2.21. The van der Waals surface area contributed by atoms with Gasteiger partial charge in [-0.25, -0.2) is 8.42 Å². The lowest BCUT2D eigenvalue weighted by atomic mass is 10.1. The summed E-state index contributed by atoms with van der Waals surface area (Å²) in [4.78, 5) is 0.0824. The fraction of sp³-hybridized carbons (Fsp3) is 0.727. The van der Waals surface area contributed by atoms with E-state index in [-0.39, 0.29) is 23.2 Å². The molecule has 1 aromatic heterocycles. The van der Waals surface area contributed by atoms with Crippen molar-refractivity contribution >= 4 is 15.8 Å². The molecular formula is C11H20N4O3S. The van der Waals surface area contributed by atoms with E-state index < -0.39 is 10.0 Å². The van der Waals surface area contributed by atoms with Crippen LogP contribution in [-0.4, -0.2) is 47.3 Å². The summed E-state index contributed by atoms with van der Waals surface area (Å²) < 4.78 is 27.9. The van der Waals surface area contributed by atoms with Gasteiger partial charge in [0.05, 0.1) is 0 Å². The third kappa shape index (κ3) is 2.75. The lowest BCUT2D eigenvalue weighted by Gasteiger charge is -2.15. The first-order valence-corrected chi connectivity index (χ1v) is 7.87. The van der Waals surface area contributed by atoms with Gasteiger partial charge in [-0.05, 0) is 25.7 Å². The molecule has 1 unspecified atom stereocenters. The van der Waals surface area contributed by atoms with E-state index in [1.54, 1.807) is 0 Å². The van der Waals surface area contributed by atoms with E-state index in [4.69, 9.17) is 10.8 Å². The standard InChI is InChI=1S/C11H20N4O3S/c1-2-14-8-10(11(12)13-14)19(17,18)15-5-3-9(7-15)4-6-16/h8-9,16H,2-7H2,1H3,(H2,12,13). The van der Waals surface area contributed by atoms with Crippen molar-refractivity contribution in [3.05, 3.63) is 6.20 Å². The molecule has 7 nitrogen and oxygen atoms in total. The third-order valence-electron chi connectivity index (χ3n) is 3.48. The molecule has 0 bridgehead atoms. The van der Waals surface area contributed by atoms with Gasteiger partial charge in [-0.15, -0.1) is 0 Å². The number of aliphatic hydroxyl groups excluding tert-OH is 1. The zero-order chi connectivity index (χ0) is 14.0. The van der Waals surface area contributed by atoms with E-state index in [1.165, 1.54) is 15.2 Å². The minimum atomic E-state index is -3.57. The maximum Gasteiger partial charge on any atom is 0.248 e. The summed E-state index contributed by atoms with van der Waals surface area (Å²) in [6, 6.07) is 0. The Bertz CT molecular complexity index is 540. The second-order valence-corrected chi connectivity index (χ2v) is 6.67. The number of nitrogens with two attached hydrogens (primary N) is 1. The molecule has 0 spiro atoms. The molecule has 1 aromatic rings. The van der Waals surface area contributed by atoms with Gasteiger partial charge in [0.1, 0.15) is 4.90 Å². The van der Waals surface area contributed by atoms with Gasteiger partial charge in [0, 0.05) is 32.4 Å². The van der Waals surface area contributed by atoms with Crippen molar-refractivity contribution in [2.24, 2.45) is 5.92 Å². The van der Waals surface area contributed by atoms with Crippen LogP contribution < -0.4 is 5.73 Å². The molecule has 19 heavy (non-hydrogen) atoms. The van der Waals surface area contributed by atoms with Crippen molar-refractivity contribution in [2.75, 3.05) is 25.4 Å². The lowest BCUT2D eigenvalue weighted by molar-refractivity contribution is 0.259. The first-order chi connectivity index (χ1) is 8.98. The van der Waals surface area contributed by atoms with Gasteiger partial charge in [0.25, 0.3) is 0 Å². The molecule has 2 rings (SSSR count). The first-order valence-electron chi connectivity index (χ1n) is 6.43. The molecule has 0 aromatic carbocycles. The topological polar surface area (TPSA) is 101 Å². The van der Waals surface area contributed by atoms with Crippen LogP contribution in [0.4, 0.5) is 5.82 Å². The van der Waals surface area contributed by atoms with Gasteiger partial charge in [0.15, 0.2) is 5.82 Å². The highest BCUT2D eigenvalue weighted by Gasteiger charge is 2.34. The number of nitrogens with zero attached hydrogens (tertiary/aromatic N) is 3. The number of hydrogen-bond acceptors (Lipinski definition) is 5. The maximum atomic E-state index is 12.5. The van der Waals surface area contributed by atoms with Gasteiger partial charge in [-0.2, -0.15) is 9.40 Å². The van der Waals surface area contributed by atoms with Crippen LogP contribution in [0.5, 0.6) is 0 Å². The maximum absolute atomic E-state index is 12.5. The number of aliphatic hydroxyl groups is 1. The number of nitrogen functional groups attached to an aromatic ring is 1. The van der Waals surface area contributed by atoms with Crippen LogP contribution in [0.25, 0.3) is 0 Å². The summed E-state index contributed by atoms with van der Waals surface area (Å²) in [5.74, 6) is 0.273. The smallest absolute Gasteiger partial charge is 0.248 e. The molecule has 2 heterocycles. The quantitative estimate of drug-likeness (QED) is 0.786. The Morgan fingerprint density at radius 2 is 2.32 bits per heavy atom. The summed E-state index contributed by atoms with van der Waals surface area (Å²) in [5.41, 5.74) is 5.69. The number of hydrogen-bond donors (Lipinski definition) is 2. The van der Waals surface area contributed by atoms with E-state index in [0.717, 1.165) is 6.42 Å². The molecule has 1 aliphatic heterocycles. The van der Waals surface area contributed by atoms with Crippen LogP contribution in [0.15, 0.2) is 11.1 Å². The zero-order valence-electron chi connectivity index (χ0n) is 11.0. The fourth-order valence-electron chi connectivity index (χ4n) is 2.35. The minimum Gasteiger partial charge on any atom is -0.396 e. The molecular weight excluding hydrogens is 268 g/mol. The van der Waals surface area contributed by atoms with Gasteiger partial charge >= 0.3 is 0 Å². The molecule has 0 aliphatic carbocycles. The molecule has 1 saturated heterocycles. The van der Waals surface area contributed by atoms with Crippen LogP contribution in [0.3, 0.4) is 0 Å². The number of rotatable bonds is 5. The summed E-state index contributed by atoms with van der Waals surface area (Å²) in [5, 5.41) is 12.9. The highest BCUT2D eigenvalue weighted by Crippen LogP contribution is 2.28. The van der Waals surface area contributed by atoms with Crippen LogP contribution in [0, 0.1) is 5.92 Å². The van der Waals surface area contributed by atoms with Crippen LogP contribution in [0.1, 0.15) is 19.8 Å². The third-order valence-corrected chi connectivity index (χ3v) is 5.36. The summed E-state index contributed by atoms with van der Waals surface area (Å²) in [6.45, 7) is 3.46. The first kappa shape index (κ1) is 14.3. The predicted octanol–water partition coefficient (Wildman–Crippen LogP) is -0.122. The average molecular weight is 288 g/mol. The SMILES string of the molecule is CCn1cc(S(=O)(=O)N2CCC(CCO)C2)c(N)n1. The molecule has 0 amide bonds. The number of anilines is 1. The Hall–Kier alpha value is -1.12. The lowest BCUT2D eigenvalue weighted by Crippen LogP contribution is -2.29. The second kappa shape index (κ2) is 5.48. The predicted molar refractivity (Wildman–Crippen MR) is 70.9 cm³/mol. The molecule has 108 valence electrons. The van der Waals surface area contributed by atoms with E-state index in [2.05, 4.69) is 5.10 Å². The average Bonchev–Trinajstić information content (AvgIpc) is 2.96. The van der Waals surface area contributed by atoms with Gasteiger partial charge in [-0.1, -0.05) is 0 Å². The molecule has 1 aliphatic rings. The Kier molecular flexibility index (Phi) is 4.12.